The number of hydrogen-bond donors (Lipinski definition) is 6. The molecule has 3 atom stereocenters. The molecule has 12 heteroatoms. The number of rotatable bonds is 13. The van der Waals surface area contributed by atoms with Crippen LogP contribution in [0.4, 0.5) is 0 Å². The molecule has 0 aliphatic rings. The zero-order chi connectivity index (χ0) is 19.8. The summed E-state index contributed by atoms with van der Waals surface area (Å²) in [7, 11) is -9.23. The van der Waals surface area contributed by atoms with Crippen molar-refractivity contribution < 1.29 is 38.6 Å². The van der Waals surface area contributed by atoms with E-state index in [0.29, 0.717) is 6.42 Å². The predicted octanol–water partition coefficient (Wildman–Crippen LogP) is -0.0549. The van der Waals surface area contributed by atoms with Crippen molar-refractivity contribution in [1.82, 2.24) is 4.90 Å². The number of aliphatic carboxylic acids is 1. The summed E-state index contributed by atoms with van der Waals surface area (Å²) in [6, 6.07) is -1.22. The van der Waals surface area contributed by atoms with Crippen LogP contribution in [-0.4, -0.2) is 72.5 Å². The fraction of sp³-hybridized carbons (Fsp3) is 0.615. The first-order valence-corrected chi connectivity index (χ1v) is 10.8. The Balaban J connectivity index is 5.71. The van der Waals surface area contributed by atoms with E-state index in [1.807, 2.05) is 0 Å². The highest BCUT2D eigenvalue weighted by Gasteiger charge is 2.37. The predicted molar refractivity (Wildman–Crippen MR) is 93.3 cm³/mol. The molecule has 0 aromatic carbocycles. The minimum Gasteiger partial charge on any atom is -0.480 e. The molecule has 0 spiro atoms. The van der Waals surface area contributed by atoms with Gasteiger partial charge in [-0.3, -0.25) is 18.8 Å². The zero-order valence-electron chi connectivity index (χ0n) is 13.7. The van der Waals surface area contributed by atoms with Crippen molar-refractivity contribution in [2.24, 2.45) is 5.73 Å². The molecule has 0 heterocycles. The summed E-state index contributed by atoms with van der Waals surface area (Å²) in [5.74, 6) is -1.28. The van der Waals surface area contributed by atoms with Crippen LogP contribution in [-0.2, 0) is 13.9 Å². The summed E-state index contributed by atoms with van der Waals surface area (Å²) >= 11 is 0. The van der Waals surface area contributed by atoms with Crippen molar-refractivity contribution in [2.75, 3.05) is 19.6 Å². The van der Waals surface area contributed by atoms with E-state index in [2.05, 4.69) is 13.2 Å². The molecule has 0 aromatic heterocycles. The lowest BCUT2D eigenvalue weighted by Gasteiger charge is -2.33. The molecule has 10 nitrogen and oxygen atoms in total. The Morgan fingerprint density at radius 3 is 1.68 bits per heavy atom. The minimum absolute atomic E-state index is 0.0574. The van der Waals surface area contributed by atoms with E-state index in [-0.39, 0.29) is 13.0 Å². The minimum atomic E-state index is -4.62. The lowest BCUT2D eigenvalue weighted by molar-refractivity contribution is -0.143. The topological polar surface area (TPSA) is 182 Å². The highest BCUT2D eigenvalue weighted by atomic mass is 31.2. The van der Waals surface area contributed by atoms with Crippen LogP contribution in [0.15, 0.2) is 25.3 Å². The first-order valence-electron chi connectivity index (χ1n) is 7.40. The number of carboxylic acid groups (broad SMARTS) is 1. The van der Waals surface area contributed by atoms with Crippen LogP contribution in [0.3, 0.4) is 0 Å². The molecule has 0 fully saturated rings. The summed E-state index contributed by atoms with van der Waals surface area (Å²) in [5.41, 5.74) is 2.62. The average Bonchev–Trinajstić information content (AvgIpc) is 2.46. The zero-order valence-corrected chi connectivity index (χ0v) is 15.5. The Hall–Kier alpha value is -0.830. The molecule has 0 aliphatic heterocycles. The fourth-order valence-corrected chi connectivity index (χ4v) is 3.61. The molecule has 0 rings (SSSR count). The Bertz CT molecular complexity index is 522. The van der Waals surface area contributed by atoms with Gasteiger partial charge in [-0.2, -0.15) is 0 Å². The standard InChI is InChI=1S/C13H26N2O8P2/c1-3-10(24(18,19)20)8-15(9-11(4-2)25(21,22)23)12(13(16)17)6-5-7-14/h3-4,10-12H,1-2,5-9,14H2,(H,16,17)(H2,18,19,20)(H2,21,22,23). The van der Waals surface area contributed by atoms with Crippen molar-refractivity contribution in [3.05, 3.63) is 25.3 Å². The number of hydrogen-bond acceptors (Lipinski definition) is 5. The molecule has 0 saturated carbocycles. The van der Waals surface area contributed by atoms with E-state index >= 15 is 0 Å². The van der Waals surface area contributed by atoms with E-state index in [4.69, 9.17) is 5.73 Å². The van der Waals surface area contributed by atoms with Gasteiger partial charge in [-0.1, -0.05) is 12.2 Å². The highest BCUT2D eigenvalue weighted by molar-refractivity contribution is 7.53. The van der Waals surface area contributed by atoms with Gasteiger partial charge in [0, 0.05) is 13.1 Å². The first-order chi connectivity index (χ1) is 11.4. The number of nitrogens with zero attached hydrogens (tertiary/aromatic N) is 1. The van der Waals surface area contributed by atoms with Gasteiger partial charge in [-0.15, -0.1) is 13.2 Å². The lowest BCUT2D eigenvalue weighted by Crippen LogP contribution is -2.47. The van der Waals surface area contributed by atoms with Crippen LogP contribution in [0, 0.1) is 0 Å². The maximum Gasteiger partial charge on any atom is 0.333 e. The molecule has 0 amide bonds. The van der Waals surface area contributed by atoms with E-state index in [1.165, 1.54) is 0 Å². The van der Waals surface area contributed by atoms with Gasteiger partial charge in [0.1, 0.15) is 6.04 Å². The van der Waals surface area contributed by atoms with Gasteiger partial charge >= 0.3 is 21.2 Å². The van der Waals surface area contributed by atoms with Crippen molar-refractivity contribution in [3.8, 4) is 0 Å². The Kier molecular flexibility index (Phi) is 10.0. The molecular weight excluding hydrogens is 374 g/mol. The van der Waals surface area contributed by atoms with Gasteiger partial charge < -0.3 is 30.4 Å². The van der Waals surface area contributed by atoms with Gasteiger partial charge in [0.15, 0.2) is 0 Å². The summed E-state index contributed by atoms with van der Waals surface area (Å²) in [6.07, 6.45) is 2.37. The number of nitrogens with two attached hydrogens (primary N) is 1. The van der Waals surface area contributed by atoms with Crippen LogP contribution >= 0.6 is 15.2 Å². The van der Waals surface area contributed by atoms with E-state index in [1.54, 1.807) is 0 Å². The lowest BCUT2D eigenvalue weighted by atomic mass is 10.1. The maximum absolute atomic E-state index is 11.6. The molecular formula is C13H26N2O8P2. The summed E-state index contributed by atoms with van der Waals surface area (Å²) < 4.78 is 23.0. The third-order valence-electron chi connectivity index (χ3n) is 3.66. The monoisotopic (exact) mass is 400 g/mol. The molecule has 0 saturated heterocycles. The van der Waals surface area contributed by atoms with Gasteiger partial charge in [-0.25, -0.2) is 0 Å². The van der Waals surface area contributed by atoms with Crippen molar-refractivity contribution in [3.63, 3.8) is 0 Å². The highest BCUT2D eigenvalue weighted by Crippen LogP contribution is 2.44. The largest absolute Gasteiger partial charge is 0.480 e. The molecule has 7 N–H and O–H groups in total. The third kappa shape index (κ3) is 8.40. The molecule has 0 radical (unpaired) electrons. The summed E-state index contributed by atoms with van der Waals surface area (Å²) in [5, 5.41) is 9.42. The second kappa shape index (κ2) is 10.4. The van der Waals surface area contributed by atoms with Crippen LogP contribution < -0.4 is 5.73 Å². The van der Waals surface area contributed by atoms with Crippen LogP contribution in [0.25, 0.3) is 0 Å². The number of carbonyl (C=O) groups is 1. The fourth-order valence-electron chi connectivity index (χ4n) is 2.22. The molecule has 0 bridgehead atoms. The quantitative estimate of drug-likeness (QED) is 0.181. The smallest absolute Gasteiger partial charge is 0.333 e. The van der Waals surface area contributed by atoms with Crippen molar-refractivity contribution >= 4 is 21.2 Å². The van der Waals surface area contributed by atoms with Crippen LogP contribution in [0.2, 0.25) is 0 Å². The van der Waals surface area contributed by atoms with Crippen LogP contribution in [0.1, 0.15) is 12.8 Å². The van der Waals surface area contributed by atoms with Crippen molar-refractivity contribution in [2.45, 2.75) is 30.2 Å². The number of carboxylic acids is 1. The van der Waals surface area contributed by atoms with Gasteiger partial charge in [-0.05, 0) is 19.4 Å². The van der Waals surface area contributed by atoms with E-state index in [0.717, 1.165) is 17.1 Å². The SMILES string of the molecule is C=CC(CN(CC(C=C)P(=O)(O)O)C(CCCN)C(=O)O)P(=O)(O)O. The van der Waals surface area contributed by atoms with Crippen molar-refractivity contribution in [1.29, 1.82) is 0 Å². The average molecular weight is 400 g/mol. The second-order valence-corrected chi connectivity index (χ2v) is 9.21. The molecule has 0 aliphatic carbocycles. The Morgan fingerprint density at radius 2 is 1.44 bits per heavy atom. The third-order valence-corrected chi connectivity index (χ3v) is 6.14. The van der Waals surface area contributed by atoms with Gasteiger partial charge in [0.25, 0.3) is 0 Å². The van der Waals surface area contributed by atoms with E-state index in [9.17, 15) is 38.6 Å². The molecule has 25 heavy (non-hydrogen) atoms. The molecule has 3 unspecified atom stereocenters. The maximum atomic E-state index is 11.6. The normalized spacial score (nSPS) is 16.2. The Labute approximate surface area is 146 Å². The van der Waals surface area contributed by atoms with Gasteiger partial charge in [0.2, 0.25) is 0 Å². The molecule has 0 aromatic rings. The Morgan fingerprint density at radius 1 is 1.04 bits per heavy atom. The van der Waals surface area contributed by atoms with Gasteiger partial charge in [0.05, 0.1) is 11.3 Å². The summed E-state index contributed by atoms with van der Waals surface area (Å²) in [4.78, 5) is 50.1. The van der Waals surface area contributed by atoms with Crippen LogP contribution in [0.5, 0.6) is 0 Å². The first kappa shape index (κ1) is 24.2. The summed E-state index contributed by atoms with van der Waals surface area (Å²) in [6.45, 7) is 6.01. The molecule has 146 valence electrons. The second-order valence-electron chi connectivity index (χ2n) is 5.52. The van der Waals surface area contributed by atoms with E-state index < -0.39 is 51.6 Å².